The summed E-state index contributed by atoms with van der Waals surface area (Å²) in [6.07, 6.45) is 4.65. The Kier molecular flexibility index (Phi) is 3.09. The summed E-state index contributed by atoms with van der Waals surface area (Å²) in [5.74, 6) is 0.211. The van der Waals surface area contributed by atoms with Crippen molar-refractivity contribution in [2.45, 2.75) is 26.2 Å². The third-order valence-electron chi connectivity index (χ3n) is 3.11. The minimum absolute atomic E-state index is 0.211. The molecule has 1 aromatic carbocycles. The van der Waals surface area contributed by atoms with Gasteiger partial charge in [-0.2, -0.15) is 0 Å². The van der Waals surface area contributed by atoms with Crippen LogP contribution in [0.25, 0.3) is 5.70 Å². The van der Waals surface area contributed by atoms with E-state index in [1.54, 1.807) is 4.90 Å². The Morgan fingerprint density at radius 3 is 2.81 bits per heavy atom. The maximum atomic E-state index is 11.7. The van der Waals surface area contributed by atoms with E-state index >= 15 is 0 Å². The average molecular weight is 215 g/mol. The van der Waals surface area contributed by atoms with Crippen LogP contribution in [-0.2, 0) is 11.2 Å². The van der Waals surface area contributed by atoms with Crippen molar-refractivity contribution in [3.05, 3.63) is 41.5 Å². The first-order valence-electron chi connectivity index (χ1n) is 5.79. The van der Waals surface area contributed by atoms with Crippen LogP contribution in [0.5, 0.6) is 0 Å². The largest absolute Gasteiger partial charge is 0.315 e. The first-order valence-corrected chi connectivity index (χ1v) is 5.79. The third kappa shape index (κ3) is 1.87. The van der Waals surface area contributed by atoms with Crippen molar-refractivity contribution in [1.29, 1.82) is 0 Å². The molecule has 16 heavy (non-hydrogen) atoms. The Labute approximate surface area is 96.6 Å². The van der Waals surface area contributed by atoms with Crippen molar-refractivity contribution in [1.82, 2.24) is 4.90 Å². The summed E-state index contributed by atoms with van der Waals surface area (Å²) < 4.78 is 0. The van der Waals surface area contributed by atoms with Gasteiger partial charge in [0.05, 0.1) is 0 Å². The Bertz CT molecular complexity index is 434. The lowest BCUT2D eigenvalue weighted by atomic mass is 9.98. The predicted octanol–water partition coefficient (Wildman–Crippen LogP) is 2.84. The summed E-state index contributed by atoms with van der Waals surface area (Å²) >= 11 is 0. The van der Waals surface area contributed by atoms with Crippen LogP contribution in [0.4, 0.5) is 0 Å². The number of allylic oxidation sites excluding steroid dienone is 1. The fraction of sp³-hybridized carbons (Fsp3) is 0.357. The zero-order valence-corrected chi connectivity index (χ0v) is 9.86. The molecule has 0 unspecified atom stereocenters. The number of hydrogen-bond donors (Lipinski definition) is 0. The van der Waals surface area contributed by atoms with E-state index in [2.05, 4.69) is 25.1 Å². The molecule has 0 aromatic heterocycles. The Hall–Kier alpha value is -1.57. The zero-order chi connectivity index (χ0) is 11.5. The standard InChI is InChI=1S/C14H17NO/c1-3-11-7-4-5-8-12(11)13-9-6-10-14(16)15(13)2/h4-5,7-9H,3,6,10H2,1-2H3. The van der Waals surface area contributed by atoms with Gasteiger partial charge in [-0.15, -0.1) is 0 Å². The lowest BCUT2D eigenvalue weighted by molar-refractivity contribution is -0.127. The van der Waals surface area contributed by atoms with Gasteiger partial charge in [0, 0.05) is 24.7 Å². The van der Waals surface area contributed by atoms with Gasteiger partial charge >= 0.3 is 0 Å². The number of carbonyl (C=O) groups excluding carboxylic acids is 1. The van der Waals surface area contributed by atoms with Crippen molar-refractivity contribution < 1.29 is 4.79 Å². The summed E-state index contributed by atoms with van der Waals surface area (Å²) in [6.45, 7) is 2.14. The predicted molar refractivity (Wildman–Crippen MR) is 65.8 cm³/mol. The summed E-state index contributed by atoms with van der Waals surface area (Å²) in [5, 5.41) is 0. The van der Waals surface area contributed by atoms with Crippen LogP contribution in [0, 0.1) is 0 Å². The van der Waals surface area contributed by atoms with Gasteiger partial charge in [0.2, 0.25) is 5.91 Å². The SMILES string of the molecule is CCc1ccccc1C1=CCCC(=O)N1C. The molecule has 0 saturated carbocycles. The van der Waals surface area contributed by atoms with E-state index in [4.69, 9.17) is 0 Å². The first-order chi connectivity index (χ1) is 7.74. The molecule has 1 amide bonds. The molecule has 0 radical (unpaired) electrons. The van der Waals surface area contributed by atoms with Gasteiger partial charge < -0.3 is 4.90 Å². The van der Waals surface area contributed by atoms with E-state index in [9.17, 15) is 4.79 Å². The first kappa shape index (κ1) is 10.9. The highest BCUT2D eigenvalue weighted by Gasteiger charge is 2.19. The second kappa shape index (κ2) is 4.52. The molecule has 0 N–H and O–H groups in total. The van der Waals surface area contributed by atoms with Crippen molar-refractivity contribution >= 4 is 11.6 Å². The Morgan fingerprint density at radius 1 is 1.31 bits per heavy atom. The lowest BCUT2D eigenvalue weighted by Gasteiger charge is -2.26. The lowest BCUT2D eigenvalue weighted by Crippen LogP contribution is -2.28. The molecule has 2 heteroatoms. The number of nitrogens with zero attached hydrogens (tertiary/aromatic N) is 1. The minimum Gasteiger partial charge on any atom is -0.315 e. The molecule has 1 aliphatic heterocycles. The molecule has 0 atom stereocenters. The van der Waals surface area contributed by atoms with Crippen LogP contribution < -0.4 is 0 Å². The molecular formula is C14H17NO. The van der Waals surface area contributed by atoms with Gasteiger partial charge in [0.1, 0.15) is 0 Å². The maximum absolute atomic E-state index is 11.7. The molecule has 0 aliphatic carbocycles. The summed E-state index contributed by atoms with van der Waals surface area (Å²) in [4.78, 5) is 13.4. The highest BCUT2D eigenvalue weighted by atomic mass is 16.2. The maximum Gasteiger partial charge on any atom is 0.227 e. The number of rotatable bonds is 2. The van der Waals surface area contributed by atoms with Crippen molar-refractivity contribution in [2.24, 2.45) is 0 Å². The molecule has 1 aromatic rings. The summed E-state index contributed by atoms with van der Waals surface area (Å²) in [5.41, 5.74) is 3.56. The second-order valence-electron chi connectivity index (χ2n) is 4.09. The number of amides is 1. The van der Waals surface area contributed by atoms with Gasteiger partial charge in [-0.3, -0.25) is 4.79 Å². The van der Waals surface area contributed by atoms with E-state index in [0.717, 1.165) is 18.5 Å². The zero-order valence-electron chi connectivity index (χ0n) is 9.86. The summed E-state index contributed by atoms with van der Waals surface area (Å²) in [6, 6.07) is 8.30. The second-order valence-corrected chi connectivity index (χ2v) is 4.09. The van der Waals surface area contributed by atoms with Crippen LogP contribution in [0.3, 0.4) is 0 Å². The molecule has 0 spiro atoms. The van der Waals surface area contributed by atoms with Gasteiger partial charge in [-0.25, -0.2) is 0 Å². The average Bonchev–Trinajstić information content (AvgIpc) is 2.33. The molecule has 2 rings (SSSR count). The van der Waals surface area contributed by atoms with Crippen LogP contribution in [0.1, 0.15) is 30.9 Å². The van der Waals surface area contributed by atoms with Crippen molar-refractivity contribution in [3.63, 3.8) is 0 Å². The smallest absolute Gasteiger partial charge is 0.227 e. The van der Waals surface area contributed by atoms with Crippen molar-refractivity contribution in [2.75, 3.05) is 7.05 Å². The molecule has 0 bridgehead atoms. The van der Waals surface area contributed by atoms with E-state index in [1.165, 1.54) is 11.1 Å². The summed E-state index contributed by atoms with van der Waals surface area (Å²) in [7, 11) is 1.86. The Morgan fingerprint density at radius 2 is 2.06 bits per heavy atom. The molecular weight excluding hydrogens is 198 g/mol. The molecule has 84 valence electrons. The van der Waals surface area contributed by atoms with E-state index in [1.807, 2.05) is 19.2 Å². The van der Waals surface area contributed by atoms with Gasteiger partial charge in [0.25, 0.3) is 0 Å². The normalized spacial score (nSPS) is 16.2. The molecule has 0 fully saturated rings. The highest BCUT2D eigenvalue weighted by molar-refractivity contribution is 5.89. The van der Waals surface area contributed by atoms with Crippen LogP contribution in [0.2, 0.25) is 0 Å². The fourth-order valence-electron chi connectivity index (χ4n) is 2.14. The number of carbonyl (C=O) groups is 1. The third-order valence-corrected chi connectivity index (χ3v) is 3.11. The number of hydrogen-bond acceptors (Lipinski definition) is 1. The topological polar surface area (TPSA) is 20.3 Å². The number of aryl methyl sites for hydroxylation is 1. The van der Waals surface area contributed by atoms with Crippen LogP contribution >= 0.6 is 0 Å². The van der Waals surface area contributed by atoms with E-state index in [-0.39, 0.29) is 5.91 Å². The van der Waals surface area contributed by atoms with E-state index in [0.29, 0.717) is 6.42 Å². The van der Waals surface area contributed by atoms with E-state index < -0.39 is 0 Å². The van der Waals surface area contributed by atoms with Crippen LogP contribution in [-0.4, -0.2) is 17.9 Å². The minimum atomic E-state index is 0.211. The molecule has 2 nitrogen and oxygen atoms in total. The van der Waals surface area contributed by atoms with Gasteiger partial charge in [-0.1, -0.05) is 37.3 Å². The highest BCUT2D eigenvalue weighted by Crippen LogP contribution is 2.26. The molecule has 1 heterocycles. The molecule has 1 aliphatic rings. The van der Waals surface area contributed by atoms with Gasteiger partial charge in [0.15, 0.2) is 0 Å². The van der Waals surface area contributed by atoms with Gasteiger partial charge in [-0.05, 0) is 18.4 Å². The number of benzene rings is 1. The van der Waals surface area contributed by atoms with Crippen molar-refractivity contribution in [3.8, 4) is 0 Å². The quantitative estimate of drug-likeness (QED) is 0.743. The Balaban J connectivity index is 2.43. The van der Waals surface area contributed by atoms with Crippen LogP contribution in [0.15, 0.2) is 30.3 Å². The molecule has 0 saturated heterocycles. The monoisotopic (exact) mass is 215 g/mol. The fourth-order valence-corrected chi connectivity index (χ4v) is 2.14.